The van der Waals surface area contributed by atoms with Crippen LogP contribution in [0.15, 0.2) is 30.3 Å². The Balaban J connectivity index is 2.21. The van der Waals surface area contributed by atoms with Gasteiger partial charge in [-0.2, -0.15) is 0 Å². The van der Waals surface area contributed by atoms with Gasteiger partial charge in [-0.25, -0.2) is 0 Å². The highest BCUT2D eigenvalue weighted by atomic mass is 35.5. The molecule has 0 heterocycles. The molecule has 0 aliphatic rings. The molecule has 0 spiro atoms. The molecular weight excluding hydrogens is 194 g/mol. The molecule has 0 amide bonds. The van der Waals surface area contributed by atoms with Crippen molar-refractivity contribution in [3.8, 4) is 0 Å². The van der Waals surface area contributed by atoms with Crippen molar-refractivity contribution in [2.75, 3.05) is 12.4 Å². The average Bonchev–Trinajstić information content (AvgIpc) is 2.26. The van der Waals surface area contributed by atoms with E-state index in [0.717, 1.165) is 19.4 Å². The number of hydrogen-bond acceptors (Lipinski definition) is 1. The van der Waals surface area contributed by atoms with Crippen LogP contribution in [0.3, 0.4) is 0 Å². The van der Waals surface area contributed by atoms with Crippen LogP contribution in [0.4, 0.5) is 0 Å². The van der Waals surface area contributed by atoms with E-state index in [2.05, 4.69) is 36.5 Å². The molecule has 1 rings (SSSR count). The topological polar surface area (TPSA) is 12.0 Å². The summed E-state index contributed by atoms with van der Waals surface area (Å²) in [5.74, 6) is 0.700. The van der Waals surface area contributed by atoms with Crippen LogP contribution in [-0.2, 0) is 6.42 Å². The monoisotopic (exact) mass is 211 g/mol. The summed E-state index contributed by atoms with van der Waals surface area (Å²) in [6.07, 6.45) is 2.17. The van der Waals surface area contributed by atoms with E-state index >= 15 is 0 Å². The standard InChI is InChI=1S/C12H18ClN/c1-2-12(10-13)14-9-8-11-6-4-3-5-7-11/h3-7,12,14H,2,8-10H2,1H3. The van der Waals surface area contributed by atoms with E-state index in [1.807, 2.05) is 6.07 Å². The lowest BCUT2D eigenvalue weighted by molar-refractivity contribution is 0.542. The van der Waals surface area contributed by atoms with Crippen LogP contribution in [-0.4, -0.2) is 18.5 Å². The molecule has 1 N–H and O–H groups in total. The minimum absolute atomic E-state index is 0.459. The molecule has 0 saturated carbocycles. The number of nitrogens with one attached hydrogen (secondary N) is 1. The Morgan fingerprint density at radius 3 is 2.57 bits per heavy atom. The Hall–Kier alpha value is -0.530. The maximum atomic E-state index is 5.79. The molecule has 0 aromatic heterocycles. The van der Waals surface area contributed by atoms with Crippen LogP contribution in [0.1, 0.15) is 18.9 Å². The summed E-state index contributed by atoms with van der Waals surface area (Å²) in [5, 5.41) is 3.44. The largest absolute Gasteiger partial charge is 0.312 e. The Labute approximate surface area is 91.5 Å². The first-order valence-corrected chi connectivity index (χ1v) is 5.73. The van der Waals surface area contributed by atoms with Gasteiger partial charge < -0.3 is 5.32 Å². The highest BCUT2D eigenvalue weighted by Crippen LogP contribution is 1.99. The summed E-state index contributed by atoms with van der Waals surface area (Å²) in [4.78, 5) is 0. The minimum Gasteiger partial charge on any atom is -0.312 e. The van der Waals surface area contributed by atoms with Gasteiger partial charge in [0.1, 0.15) is 0 Å². The van der Waals surface area contributed by atoms with Gasteiger partial charge in [0, 0.05) is 11.9 Å². The maximum absolute atomic E-state index is 5.79. The maximum Gasteiger partial charge on any atom is 0.0377 e. The fraction of sp³-hybridized carbons (Fsp3) is 0.500. The molecule has 1 atom stereocenters. The van der Waals surface area contributed by atoms with Gasteiger partial charge in [0.2, 0.25) is 0 Å². The van der Waals surface area contributed by atoms with Crippen LogP contribution >= 0.6 is 11.6 Å². The van der Waals surface area contributed by atoms with E-state index in [-0.39, 0.29) is 0 Å². The number of alkyl halides is 1. The predicted molar refractivity (Wildman–Crippen MR) is 62.9 cm³/mol. The number of benzene rings is 1. The molecule has 0 aliphatic heterocycles. The molecule has 0 bridgehead atoms. The van der Waals surface area contributed by atoms with E-state index in [9.17, 15) is 0 Å². The zero-order chi connectivity index (χ0) is 10.2. The molecule has 1 aromatic rings. The van der Waals surface area contributed by atoms with Crippen LogP contribution in [0.5, 0.6) is 0 Å². The first-order chi connectivity index (χ1) is 6.86. The zero-order valence-electron chi connectivity index (χ0n) is 8.67. The quantitative estimate of drug-likeness (QED) is 0.714. The summed E-state index contributed by atoms with van der Waals surface area (Å²) >= 11 is 5.79. The van der Waals surface area contributed by atoms with Crippen LogP contribution in [0, 0.1) is 0 Å². The number of rotatable bonds is 6. The summed E-state index contributed by atoms with van der Waals surface area (Å²) in [6.45, 7) is 3.16. The van der Waals surface area contributed by atoms with Crippen molar-refractivity contribution in [1.82, 2.24) is 5.32 Å². The van der Waals surface area contributed by atoms with E-state index in [0.29, 0.717) is 11.9 Å². The fourth-order valence-corrected chi connectivity index (χ4v) is 1.70. The van der Waals surface area contributed by atoms with E-state index < -0.39 is 0 Å². The summed E-state index contributed by atoms with van der Waals surface area (Å²) < 4.78 is 0. The first-order valence-electron chi connectivity index (χ1n) is 5.20. The van der Waals surface area contributed by atoms with Gasteiger partial charge in [0.25, 0.3) is 0 Å². The van der Waals surface area contributed by atoms with Crippen LogP contribution < -0.4 is 5.32 Å². The van der Waals surface area contributed by atoms with Gasteiger partial charge in [-0.15, -0.1) is 11.6 Å². The second-order valence-corrected chi connectivity index (χ2v) is 3.76. The second-order valence-electron chi connectivity index (χ2n) is 3.45. The van der Waals surface area contributed by atoms with Crippen molar-refractivity contribution in [2.45, 2.75) is 25.8 Å². The lowest BCUT2D eigenvalue weighted by Crippen LogP contribution is -2.31. The Bertz CT molecular complexity index is 231. The number of hydrogen-bond donors (Lipinski definition) is 1. The smallest absolute Gasteiger partial charge is 0.0377 e. The highest BCUT2D eigenvalue weighted by molar-refractivity contribution is 6.18. The third kappa shape index (κ3) is 4.12. The van der Waals surface area contributed by atoms with Gasteiger partial charge >= 0.3 is 0 Å². The Morgan fingerprint density at radius 1 is 1.29 bits per heavy atom. The molecule has 14 heavy (non-hydrogen) atoms. The summed E-state index contributed by atoms with van der Waals surface area (Å²) in [7, 11) is 0. The van der Waals surface area contributed by atoms with E-state index in [4.69, 9.17) is 11.6 Å². The Morgan fingerprint density at radius 2 is 2.00 bits per heavy atom. The van der Waals surface area contributed by atoms with Crippen molar-refractivity contribution in [3.05, 3.63) is 35.9 Å². The molecule has 2 heteroatoms. The molecule has 0 radical (unpaired) electrons. The molecular formula is C12H18ClN. The third-order valence-electron chi connectivity index (χ3n) is 2.37. The van der Waals surface area contributed by atoms with Crippen molar-refractivity contribution in [3.63, 3.8) is 0 Å². The molecule has 0 aliphatic carbocycles. The molecule has 1 aromatic carbocycles. The molecule has 0 fully saturated rings. The van der Waals surface area contributed by atoms with Gasteiger partial charge in [-0.3, -0.25) is 0 Å². The summed E-state index contributed by atoms with van der Waals surface area (Å²) in [6, 6.07) is 11.0. The van der Waals surface area contributed by atoms with Crippen LogP contribution in [0.25, 0.3) is 0 Å². The first kappa shape index (κ1) is 11.5. The lowest BCUT2D eigenvalue weighted by atomic mass is 10.1. The van der Waals surface area contributed by atoms with Gasteiger partial charge in [-0.1, -0.05) is 37.3 Å². The van der Waals surface area contributed by atoms with Crippen molar-refractivity contribution in [1.29, 1.82) is 0 Å². The van der Waals surface area contributed by atoms with Gasteiger partial charge in [0.05, 0.1) is 0 Å². The minimum atomic E-state index is 0.459. The third-order valence-corrected chi connectivity index (χ3v) is 2.74. The number of halogens is 1. The van der Waals surface area contributed by atoms with Crippen molar-refractivity contribution >= 4 is 11.6 Å². The lowest BCUT2D eigenvalue weighted by Gasteiger charge is -2.13. The van der Waals surface area contributed by atoms with Gasteiger partial charge in [0.15, 0.2) is 0 Å². The second kappa shape index (κ2) is 6.86. The molecule has 78 valence electrons. The van der Waals surface area contributed by atoms with Crippen molar-refractivity contribution < 1.29 is 0 Å². The molecule has 1 unspecified atom stereocenters. The fourth-order valence-electron chi connectivity index (χ4n) is 1.37. The van der Waals surface area contributed by atoms with E-state index in [1.165, 1.54) is 5.56 Å². The summed E-state index contributed by atoms with van der Waals surface area (Å²) in [5.41, 5.74) is 1.38. The molecule has 1 nitrogen and oxygen atoms in total. The highest BCUT2D eigenvalue weighted by Gasteiger charge is 2.01. The van der Waals surface area contributed by atoms with Gasteiger partial charge in [-0.05, 0) is 24.9 Å². The SMILES string of the molecule is CCC(CCl)NCCc1ccccc1. The van der Waals surface area contributed by atoms with Crippen LogP contribution in [0.2, 0.25) is 0 Å². The van der Waals surface area contributed by atoms with Crippen molar-refractivity contribution in [2.24, 2.45) is 0 Å². The average molecular weight is 212 g/mol. The normalized spacial score (nSPS) is 12.7. The van der Waals surface area contributed by atoms with E-state index in [1.54, 1.807) is 0 Å². The predicted octanol–water partition coefficient (Wildman–Crippen LogP) is 2.84. The zero-order valence-corrected chi connectivity index (χ0v) is 9.43. The molecule has 0 saturated heterocycles. The Kier molecular flexibility index (Phi) is 5.65.